The highest BCUT2D eigenvalue weighted by atomic mass is 79.9. The van der Waals surface area contributed by atoms with Crippen molar-refractivity contribution in [1.82, 2.24) is 9.78 Å². The second kappa shape index (κ2) is 8.97. The van der Waals surface area contributed by atoms with Crippen LogP contribution in [0.3, 0.4) is 0 Å². The minimum absolute atomic E-state index is 0.0691. The number of benzene rings is 2. The minimum atomic E-state index is -0.171. The van der Waals surface area contributed by atoms with Crippen LogP contribution in [0.5, 0.6) is 0 Å². The lowest BCUT2D eigenvalue weighted by Crippen LogP contribution is -2.23. The van der Waals surface area contributed by atoms with Gasteiger partial charge in [0.2, 0.25) is 5.91 Å². The molecule has 1 amide bonds. The maximum atomic E-state index is 12.2. The van der Waals surface area contributed by atoms with Gasteiger partial charge in [0.05, 0.1) is 5.69 Å². The number of hydrogen-bond acceptors (Lipinski definition) is 3. The molecule has 28 heavy (non-hydrogen) atoms. The first kappa shape index (κ1) is 20.0. The molecule has 0 atom stereocenters. The monoisotopic (exact) mass is 439 g/mol. The number of nitrogens with zero attached hydrogens (tertiary/aromatic N) is 2. The van der Waals surface area contributed by atoms with Gasteiger partial charge in [-0.15, -0.1) is 0 Å². The Balaban J connectivity index is 1.60. The van der Waals surface area contributed by atoms with Gasteiger partial charge in [-0.1, -0.05) is 34.1 Å². The number of aromatic nitrogens is 2. The molecule has 5 nitrogen and oxygen atoms in total. The van der Waals surface area contributed by atoms with Gasteiger partial charge in [-0.3, -0.25) is 9.59 Å². The summed E-state index contributed by atoms with van der Waals surface area (Å²) in [5.41, 5.74) is 4.61. The molecule has 1 aromatic heterocycles. The minimum Gasteiger partial charge on any atom is -0.326 e. The summed E-state index contributed by atoms with van der Waals surface area (Å²) in [6.07, 6.45) is 0.858. The van der Waals surface area contributed by atoms with Crippen molar-refractivity contribution in [3.05, 3.63) is 80.6 Å². The predicted octanol–water partition coefficient (Wildman–Crippen LogP) is 4.71. The molecule has 0 saturated carbocycles. The van der Waals surface area contributed by atoms with E-state index < -0.39 is 0 Å². The first-order chi connectivity index (χ1) is 13.4. The zero-order valence-electron chi connectivity index (χ0n) is 15.9. The van der Waals surface area contributed by atoms with E-state index in [1.807, 2.05) is 56.3 Å². The lowest BCUT2D eigenvalue weighted by Gasteiger charge is -2.09. The van der Waals surface area contributed by atoms with Gasteiger partial charge in [-0.2, -0.15) is 5.10 Å². The summed E-state index contributed by atoms with van der Waals surface area (Å²) in [6, 6.07) is 16.8. The van der Waals surface area contributed by atoms with Crippen LogP contribution >= 0.6 is 15.9 Å². The molecule has 0 aliphatic carbocycles. The van der Waals surface area contributed by atoms with Crippen molar-refractivity contribution >= 4 is 27.5 Å². The third-order valence-corrected chi connectivity index (χ3v) is 5.10. The molecule has 0 saturated heterocycles. The fourth-order valence-corrected chi connectivity index (χ4v) is 3.08. The summed E-state index contributed by atoms with van der Waals surface area (Å²) in [5, 5.41) is 7.33. The van der Waals surface area contributed by atoms with Gasteiger partial charge in [0.25, 0.3) is 5.56 Å². The van der Waals surface area contributed by atoms with Crippen molar-refractivity contribution in [2.45, 2.75) is 33.2 Å². The highest BCUT2D eigenvalue weighted by Gasteiger charge is 2.07. The van der Waals surface area contributed by atoms with Crippen LogP contribution in [0, 0.1) is 13.8 Å². The van der Waals surface area contributed by atoms with Crippen LogP contribution in [0.4, 0.5) is 5.69 Å². The highest BCUT2D eigenvalue weighted by molar-refractivity contribution is 9.10. The quantitative estimate of drug-likeness (QED) is 0.604. The van der Waals surface area contributed by atoms with Crippen LogP contribution in [0.1, 0.15) is 24.0 Å². The SMILES string of the molecule is Cc1ccc(NC(=O)CCCn2nc(-c3ccc(Br)cc3)ccc2=O)cc1C. The van der Waals surface area contributed by atoms with Crippen LogP contribution in [0.15, 0.2) is 63.9 Å². The maximum absolute atomic E-state index is 12.2. The number of hydrogen-bond donors (Lipinski definition) is 1. The van der Waals surface area contributed by atoms with Gasteiger partial charge in [-0.25, -0.2) is 4.68 Å². The molecule has 0 aliphatic rings. The summed E-state index contributed by atoms with van der Waals surface area (Å²) in [5.74, 6) is -0.0691. The molecular weight excluding hydrogens is 418 g/mol. The van der Waals surface area contributed by atoms with Crippen molar-refractivity contribution in [2.24, 2.45) is 0 Å². The lowest BCUT2D eigenvalue weighted by molar-refractivity contribution is -0.116. The van der Waals surface area contributed by atoms with E-state index in [-0.39, 0.29) is 11.5 Å². The first-order valence-electron chi connectivity index (χ1n) is 9.13. The predicted molar refractivity (Wildman–Crippen MR) is 115 cm³/mol. The average molecular weight is 440 g/mol. The Morgan fingerprint density at radius 1 is 1.04 bits per heavy atom. The van der Waals surface area contributed by atoms with Gasteiger partial charge in [0.1, 0.15) is 0 Å². The Labute approximate surface area is 172 Å². The van der Waals surface area contributed by atoms with Crippen molar-refractivity contribution in [3.63, 3.8) is 0 Å². The summed E-state index contributed by atoms with van der Waals surface area (Å²) < 4.78 is 2.40. The number of carbonyl (C=O) groups excluding carboxylic acids is 1. The molecule has 6 heteroatoms. The van der Waals surface area contributed by atoms with Crippen molar-refractivity contribution < 1.29 is 4.79 Å². The normalized spacial score (nSPS) is 10.7. The van der Waals surface area contributed by atoms with Crippen LogP contribution in [0.25, 0.3) is 11.3 Å². The second-order valence-corrected chi connectivity index (χ2v) is 7.65. The summed E-state index contributed by atoms with van der Waals surface area (Å²) >= 11 is 3.41. The molecule has 2 aromatic carbocycles. The number of amides is 1. The zero-order valence-corrected chi connectivity index (χ0v) is 17.5. The molecule has 3 aromatic rings. The van der Waals surface area contributed by atoms with Crippen LogP contribution in [-0.4, -0.2) is 15.7 Å². The van der Waals surface area contributed by atoms with E-state index in [1.165, 1.54) is 16.3 Å². The van der Waals surface area contributed by atoms with Gasteiger partial charge in [-0.05, 0) is 61.7 Å². The number of carbonyl (C=O) groups is 1. The topological polar surface area (TPSA) is 64.0 Å². The third-order valence-electron chi connectivity index (χ3n) is 4.57. The molecule has 0 fully saturated rings. The number of anilines is 1. The van der Waals surface area contributed by atoms with Crippen LogP contribution in [0.2, 0.25) is 0 Å². The van der Waals surface area contributed by atoms with E-state index in [0.29, 0.717) is 19.4 Å². The molecule has 1 heterocycles. The van der Waals surface area contributed by atoms with Crippen LogP contribution < -0.4 is 10.9 Å². The Bertz CT molecular complexity index is 1040. The summed E-state index contributed by atoms with van der Waals surface area (Å²) in [4.78, 5) is 24.3. The molecule has 1 N–H and O–H groups in total. The summed E-state index contributed by atoms with van der Waals surface area (Å²) in [6.45, 7) is 4.44. The Hall–Kier alpha value is -2.73. The number of nitrogens with one attached hydrogen (secondary N) is 1. The van der Waals surface area contributed by atoms with Crippen molar-refractivity contribution in [3.8, 4) is 11.3 Å². The van der Waals surface area contributed by atoms with E-state index in [2.05, 4.69) is 26.3 Å². The fraction of sp³-hybridized carbons (Fsp3) is 0.227. The van der Waals surface area contributed by atoms with Gasteiger partial charge < -0.3 is 5.32 Å². The third kappa shape index (κ3) is 5.16. The number of halogens is 1. The molecule has 0 radical (unpaired) electrons. The highest BCUT2D eigenvalue weighted by Crippen LogP contribution is 2.19. The molecule has 0 bridgehead atoms. The molecule has 0 aliphatic heterocycles. The molecule has 0 unspecified atom stereocenters. The Morgan fingerprint density at radius 2 is 1.79 bits per heavy atom. The van der Waals surface area contributed by atoms with Gasteiger partial charge in [0, 0.05) is 34.8 Å². The molecular formula is C22H22BrN3O2. The smallest absolute Gasteiger partial charge is 0.266 e. The lowest BCUT2D eigenvalue weighted by atomic mass is 10.1. The Kier molecular flexibility index (Phi) is 6.41. The number of aryl methyl sites for hydroxylation is 3. The van der Waals surface area contributed by atoms with Crippen LogP contribution in [-0.2, 0) is 11.3 Å². The van der Waals surface area contributed by atoms with E-state index in [1.54, 1.807) is 6.07 Å². The molecule has 3 rings (SSSR count). The van der Waals surface area contributed by atoms with E-state index in [4.69, 9.17) is 0 Å². The summed E-state index contributed by atoms with van der Waals surface area (Å²) in [7, 11) is 0. The van der Waals surface area contributed by atoms with Gasteiger partial charge >= 0.3 is 0 Å². The standard InChI is InChI=1S/C22H22BrN3O2/c1-15-5-10-19(14-16(15)2)24-21(27)4-3-13-26-22(28)12-11-20(25-26)17-6-8-18(23)9-7-17/h5-12,14H,3-4,13H2,1-2H3,(H,24,27). The van der Waals surface area contributed by atoms with E-state index in [0.717, 1.165) is 27.0 Å². The first-order valence-corrected chi connectivity index (χ1v) is 9.93. The van der Waals surface area contributed by atoms with Crippen molar-refractivity contribution in [1.29, 1.82) is 0 Å². The largest absolute Gasteiger partial charge is 0.326 e. The van der Waals surface area contributed by atoms with Crippen molar-refractivity contribution in [2.75, 3.05) is 5.32 Å². The average Bonchev–Trinajstić information content (AvgIpc) is 2.67. The Morgan fingerprint density at radius 3 is 2.50 bits per heavy atom. The van der Waals surface area contributed by atoms with Gasteiger partial charge in [0.15, 0.2) is 0 Å². The number of rotatable bonds is 6. The fourth-order valence-electron chi connectivity index (χ4n) is 2.82. The second-order valence-electron chi connectivity index (χ2n) is 6.74. The molecule has 144 valence electrons. The molecule has 0 spiro atoms. The van der Waals surface area contributed by atoms with E-state index >= 15 is 0 Å². The van der Waals surface area contributed by atoms with E-state index in [9.17, 15) is 9.59 Å². The maximum Gasteiger partial charge on any atom is 0.266 e. The zero-order chi connectivity index (χ0) is 20.1.